The first-order chi connectivity index (χ1) is 11.6. The quantitative estimate of drug-likeness (QED) is 0.856. The SMILES string of the molecule is CC(C)N1[C@H]2CC[C@H]1CN(C(=O)NC[C@H]1CCN(C3CC3)C1)CC2. The summed E-state index contributed by atoms with van der Waals surface area (Å²) in [4.78, 5) is 20.1. The van der Waals surface area contributed by atoms with E-state index in [1.165, 1.54) is 45.2 Å². The summed E-state index contributed by atoms with van der Waals surface area (Å²) in [5.41, 5.74) is 0. The second-order valence-corrected chi connectivity index (χ2v) is 8.73. The minimum absolute atomic E-state index is 0.177. The van der Waals surface area contributed by atoms with Crippen LogP contribution in [-0.2, 0) is 0 Å². The van der Waals surface area contributed by atoms with Gasteiger partial charge in [0.15, 0.2) is 0 Å². The van der Waals surface area contributed by atoms with Gasteiger partial charge in [-0.05, 0) is 64.8 Å². The molecule has 2 amide bonds. The van der Waals surface area contributed by atoms with E-state index >= 15 is 0 Å². The van der Waals surface area contributed by atoms with E-state index in [4.69, 9.17) is 0 Å². The summed E-state index contributed by atoms with van der Waals surface area (Å²) in [5, 5.41) is 3.25. The zero-order valence-corrected chi connectivity index (χ0v) is 15.4. The van der Waals surface area contributed by atoms with Crippen LogP contribution in [0.5, 0.6) is 0 Å². The van der Waals surface area contributed by atoms with Gasteiger partial charge in [-0.15, -0.1) is 0 Å². The van der Waals surface area contributed by atoms with Crippen molar-refractivity contribution in [1.82, 2.24) is 20.0 Å². The van der Waals surface area contributed by atoms with Gasteiger partial charge in [-0.2, -0.15) is 0 Å². The van der Waals surface area contributed by atoms with Crippen LogP contribution < -0.4 is 5.32 Å². The third-order valence-corrected chi connectivity index (χ3v) is 6.65. The Kier molecular flexibility index (Phi) is 4.74. The number of hydrogen-bond donors (Lipinski definition) is 1. The van der Waals surface area contributed by atoms with E-state index in [1.54, 1.807) is 0 Å². The fraction of sp³-hybridized carbons (Fsp3) is 0.947. The highest BCUT2D eigenvalue weighted by atomic mass is 16.2. The van der Waals surface area contributed by atoms with E-state index in [0.29, 0.717) is 24.0 Å². The van der Waals surface area contributed by atoms with Gasteiger partial charge >= 0.3 is 6.03 Å². The Bertz CT molecular complexity index is 464. The first kappa shape index (κ1) is 16.6. The molecule has 1 N–H and O–H groups in total. The molecule has 4 fully saturated rings. The Labute approximate surface area is 146 Å². The van der Waals surface area contributed by atoms with Gasteiger partial charge in [-0.25, -0.2) is 4.79 Å². The Morgan fingerprint density at radius 2 is 1.71 bits per heavy atom. The summed E-state index contributed by atoms with van der Waals surface area (Å²) < 4.78 is 0. The van der Waals surface area contributed by atoms with E-state index in [2.05, 4.69) is 33.9 Å². The van der Waals surface area contributed by atoms with E-state index < -0.39 is 0 Å². The molecule has 0 aromatic carbocycles. The number of carbonyl (C=O) groups is 1. The first-order valence-corrected chi connectivity index (χ1v) is 10.2. The standard InChI is InChI=1S/C19H34N4O/c1-14(2)23-17-5-6-18(23)13-22(10-8-17)19(24)20-11-15-7-9-21(12-15)16-3-4-16/h14-18H,3-13H2,1-2H3,(H,20,24)/t15-,17+,18+/m1/s1. The number of fused-ring (bicyclic) bond motifs is 2. The van der Waals surface area contributed by atoms with Crippen LogP contribution in [0.15, 0.2) is 0 Å². The Morgan fingerprint density at radius 1 is 0.958 bits per heavy atom. The van der Waals surface area contributed by atoms with E-state index in [1.807, 2.05) is 0 Å². The smallest absolute Gasteiger partial charge is 0.317 e. The Morgan fingerprint density at radius 3 is 2.46 bits per heavy atom. The molecule has 3 atom stereocenters. The van der Waals surface area contributed by atoms with Crippen LogP contribution in [0.4, 0.5) is 4.79 Å². The van der Waals surface area contributed by atoms with Crippen molar-refractivity contribution in [2.45, 2.75) is 76.5 Å². The lowest BCUT2D eigenvalue weighted by Gasteiger charge is -2.32. The van der Waals surface area contributed by atoms with Gasteiger partial charge in [-0.1, -0.05) is 0 Å². The first-order valence-electron chi connectivity index (χ1n) is 10.2. The molecule has 3 saturated heterocycles. The molecule has 0 aromatic heterocycles. The highest BCUT2D eigenvalue weighted by Crippen LogP contribution is 2.33. The summed E-state index contributed by atoms with van der Waals surface area (Å²) in [7, 11) is 0. The second kappa shape index (κ2) is 6.83. The zero-order valence-electron chi connectivity index (χ0n) is 15.4. The molecule has 5 nitrogen and oxygen atoms in total. The monoisotopic (exact) mass is 334 g/mol. The van der Waals surface area contributed by atoms with E-state index in [0.717, 1.165) is 32.1 Å². The van der Waals surface area contributed by atoms with Gasteiger partial charge in [0.2, 0.25) is 0 Å². The number of urea groups is 1. The number of likely N-dealkylation sites (tertiary alicyclic amines) is 2. The number of carbonyl (C=O) groups excluding carboxylic acids is 1. The average molecular weight is 335 g/mol. The van der Waals surface area contributed by atoms with Gasteiger partial charge in [-0.3, -0.25) is 4.90 Å². The van der Waals surface area contributed by atoms with Gasteiger partial charge in [0.1, 0.15) is 0 Å². The minimum atomic E-state index is 0.177. The van der Waals surface area contributed by atoms with E-state index in [-0.39, 0.29) is 6.03 Å². The third kappa shape index (κ3) is 3.43. The number of amides is 2. The van der Waals surface area contributed by atoms with Crippen molar-refractivity contribution in [2.75, 3.05) is 32.7 Å². The molecule has 0 unspecified atom stereocenters. The van der Waals surface area contributed by atoms with Crippen LogP contribution in [0.2, 0.25) is 0 Å². The molecule has 5 heteroatoms. The number of rotatable bonds is 4. The molecule has 0 spiro atoms. The molecule has 2 bridgehead atoms. The molecular weight excluding hydrogens is 300 g/mol. The predicted molar refractivity (Wildman–Crippen MR) is 96.1 cm³/mol. The largest absolute Gasteiger partial charge is 0.338 e. The topological polar surface area (TPSA) is 38.8 Å². The zero-order chi connectivity index (χ0) is 16.7. The van der Waals surface area contributed by atoms with Crippen LogP contribution >= 0.6 is 0 Å². The van der Waals surface area contributed by atoms with Crippen molar-refractivity contribution >= 4 is 6.03 Å². The van der Waals surface area contributed by atoms with Crippen molar-refractivity contribution in [3.8, 4) is 0 Å². The molecule has 3 aliphatic heterocycles. The van der Waals surface area contributed by atoms with Gasteiger partial charge < -0.3 is 15.1 Å². The number of hydrogen-bond acceptors (Lipinski definition) is 3. The summed E-state index contributed by atoms with van der Waals surface area (Å²) in [6.45, 7) is 9.73. The molecule has 1 aliphatic carbocycles. The minimum Gasteiger partial charge on any atom is -0.338 e. The van der Waals surface area contributed by atoms with Crippen molar-refractivity contribution in [3.05, 3.63) is 0 Å². The maximum Gasteiger partial charge on any atom is 0.317 e. The molecule has 24 heavy (non-hydrogen) atoms. The van der Waals surface area contributed by atoms with Crippen molar-refractivity contribution in [2.24, 2.45) is 5.92 Å². The molecule has 0 radical (unpaired) electrons. The number of nitrogens with zero attached hydrogens (tertiary/aromatic N) is 3. The van der Waals surface area contributed by atoms with Gasteiger partial charge in [0.05, 0.1) is 0 Å². The van der Waals surface area contributed by atoms with Crippen molar-refractivity contribution in [1.29, 1.82) is 0 Å². The molecule has 1 saturated carbocycles. The molecule has 136 valence electrons. The van der Waals surface area contributed by atoms with Gasteiger partial charge in [0, 0.05) is 50.3 Å². The van der Waals surface area contributed by atoms with Crippen LogP contribution in [0.1, 0.15) is 52.4 Å². The highest BCUT2D eigenvalue weighted by Gasteiger charge is 2.39. The molecule has 4 aliphatic rings. The summed E-state index contributed by atoms with van der Waals surface area (Å²) in [5.74, 6) is 0.658. The van der Waals surface area contributed by atoms with Crippen LogP contribution in [0, 0.1) is 5.92 Å². The molecule has 3 heterocycles. The lowest BCUT2D eigenvalue weighted by molar-refractivity contribution is 0.147. The predicted octanol–water partition coefficient (Wildman–Crippen LogP) is 2.13. The third-order valence-electron chi connectivity index (χ3n) is 6.65. The van der Waals surface area contributed by atoms with Crippen LogP contribution in [0.3, 0.4) is 0 Å². The lowest BCUT2D eigenvalue weighted by atomic mass is 10.1. The number of nitrogens with one attached hydrogen (secondary N) is 1. The van der Waals surface area contributed by atoms with Crippen LogP contribution in [-0.4, -0.2) is 77.6 Å². The maximum absolute atomic E-state index is 12.7. The fourth-order valence-electron chi connectivity index (χ4n) is 5.28. The summed E-state index contributed by atoms with van der Waals surface area (Å²) in [6.07, 6.45) is 7.75. The molecular formula is C19H34N4O. The van der Waals surface area contributed by atoms with E-state index in [9.17, 15) is 4.79 Å². The normalized spacial score (nSPS) is 34.8. The van der Waals surface area contributed by atoms with Crippen molar-refractivity contribution < 1.29 is 4.79 Å². The highest BCUT2D eigenvalue weighted by molar-refractivity contribution is 5.74. The second-order valence-electron chi connectivity index (χ2n) is 8.73. The summed E-state index contributed by atoms with van der Waals surface area (Å²) >= 11 is 0. The van der Waals surface area contributed by atoms with Crippen LogP contribution in [0.25, 0.3) is 0 Å². The Hall–Kier alpha value is -0.810. The lowest BCUT2D eigenvalue weighted by Crippen LogP contribution is -2.47. The molecule has 0 aromatic rings. The van der Waals surface area contributed by atoms with Gasteiger partial charge in [0.25, 0.3) is 0 Å². The Balaban J connectivity index is 1.26. The fourth-order valence-corrected chi connectivity index (χ4v) is 5.28. The molecule has 4 rings (SSSR count). The van der Waals surface area contributed by atoms with Crippen molar-refractivity contribution in [3.63, 3.8) is 0 Å². The maximum atomic E-state index is 12.7. The average Bonchev–Trinajstić information content (AvgIpc) is 3.19. The summed E-state index contributed by atoms with van der Waals surface area (Å²) in [6, 6.07) is 2.90.